The fraction of sp³-hybridized carbons (Fsp3) is 0.929. The monoisotopic (exact) mass is 224 g/mol. The third-order valence-corrected chi connectivity index (χ3v) is 3.51. The summed E-state index contributed by atoms with van der Waals surface area (Å²) in [6, 6.07) is 2.29. The molecule has 0 saturated heterocycles. The van der Waals surface area contributed by atoms with E-state index in [-0.39, 0.29) is 0 Å². The maximum Gasteiger partial charge on any atom is 0.0866 e. The number of hydrogen-bond donors (Lipinski definition) is 0. The third kappa shape index (κ3) is 6.12. The van der Waals surface area contributed by atoms with Crippen molar-refractivity contribution in [2.24, 2.45) is 10.8 Å². The summed E-state index contributed by atoms with van der Waals surface area (Å²) in [7, 11) is 0. The van der Waals surface area contributed by atoms with Gasteiger partial charge in [-0.15, -0.1) is 0 Å². The first-order valence-electron chi connectivity index (χ1n) is 6.35. The van der Waals surface area contributed by atoms with E-state index in [0.29, 0.717) is 17.4 Å². The van der Waals surface area contributed by atoms with Gasteiger partial charge in [0.25, 0.3) is 0 Å². The molecule has 2 heteroatoms. The van der Waals surface area contributed by atoms with Crippen molar-refractivity contribution in [3.63, 3.8) is 0 Å². The molecule has 0 aliphatic carbocycles. The van der Waals surface area contributed by atoms with Crippen LogP contribution in [0.4, 0.5) is 0 Å². The predicted molar refractivity (Wildman–Crippen MR) is 70.2 cm³/mol. The minimum Gasteiger partial charge on any atom is -0.290 e. The molecule has 94 valence electrons. The maximum atomic E-state index is 8.88. The first-order valence-corrected chi connectivity index (χ1v) is 6.35. The van der Waals surface area contributed by atoms with E-state index in [1.807, 2.05) is 0 Å². The van der Waals surface area contributed by atoms with Crippen molar-refractivity contribution in [2.45, 2.75) is 54.4 Å². The van der Waals surface area contributed by atoms with Crippen LogP contribution < -0.4 is 0 Å². The van der Waals surface area contributed by atoms with Gasteiger partial charge in [0.1, 0.15) is 0 Å². The van der Waals surface area contributed by atoms with Crippen molar-refractivity contribution in [3.8, 4) is 6.07 Å². The molecule has 0 aliphatic rings. The summed E-state index contributed by atoms with van der Waals surface area (Å²) in [4.78, 5) is 2.30. The highest BCUT2D eigenvalue weighted by molar-refractivity contribution is 4.84. The van der Waals surface area contributed by atoms with Crippen LogP contribution in [0, 0.1) is 22.2 Å². The Morgan fingerprint density at radius 3 is 1.56 bits per heavy atom. The molecular weight excluding hydrogens is 196 g/mol. The molecule has 0 bridgehead atoms. The van der Waals surface area contributed by atoms with Gasteiger partial charge in [0.15, 0.2) is 0 Å². The van der Waals surface area contributed by atoms with Gasteiger partial charge in [-0.25, -0.2) is 0 Å². The van der Waals surface area contributed by atoms with Crippen LogP contribution in [0.25, 0.3) is 0 Å². The molecule has 0 heterocycles. The Balaban J connectivity index is 4.46. The van der Waals surface area contributed by atoms with Crippen LogP contribution in [-0.4, -0.2) is 24.5 Å². The molecular formula is C14H28N2. The number of rotatable bonds is 7. The Bertz CT molecular complexity index is 218. The van der Waals surface area contributed by atoms with E-state index < -0.39 is 0 Å². The zero-order chi connectivity index (χ0) is 12.8. The summed E-state index contributed by atoms with van der Waals surface area (Å²) in [5.74, 6) is 0. The second-order valence-electron chi connectivity index (χ2n) is 6.34. The Morgan fingerprint density at radius 2 is 1.31 bits per heavy atom. The highest BCUT2D eigenvalue weighted by Crippen LogP contribution is 2.25. The van der Waals surface area contributed by atoms with Gasteiger partial charge in [-0.2, -0.15) is 5.26 Å². The molecule has 0 N–H and O–H groups in total. The molecule has 0 aromatic heterocycles. The molecule has 0 aliphatic heterocycles. The Kier molecular flexibility index (Phi) is 6.04. The second-order valence-corrected chi connectivity index (χ2v) is 6.34. The average molecular weight is 224 g/mol. The van der Waals surface area contributed by atoms with Crippen LogP contribution >= 0.6 is 0 Å². The van der Waals surface area contributed by atoms with Crippen LogP contribution in [0.2, 0.25) is 0 Å². The lowest BCUT2D eigenvalue weighted by Gasteiger charge is -2.35. The SMILES string of the molecule is CCC(C)(C)CN(CC#N)CC(C)(C)CC. The van der Waals surface area contributed by atoms with E-state index in [9.17, 15) is 0 Å². The molecule has 0 unspecified atom stereocenters. The molecule has 16 heavy (non-hydrogen) atoms. The molecule has 0 fully saturated rings. The minimum atomic E-state index is 0.306. The molecule has 0 spiro atoms. The fourth-order valence-electron chi connectivity index (χ4n) is 1.70. The van der Waals surface area contributed by atoms with Gasteiger partial charge in [0.2, 0.25) is 0 Å². The molecule has 0 rings (SSSR count). The van der Waals surface area contributed by atoms with Crippen molar-refractivity contribution in [3.05, 3.63) is 0 Å². The molecule has 0 aromatic rings. The largest absolute Gasteiger partial charge is 0.290 e. The number of hydrogen-bond acceptors (Lipinski definition) is 2. The lowest BCUT2D eigenvalue weighted by atomic mass is 9.86. The van der Waals surface area contributed by atoms with Crippen LogP contribution in [0.3, 0.4) is 0 Å². The number of nitriles is 1. The standard InChI is InChI=1S/C14H28N2/c1-7-13(3,4)11-16(10-9-15)12-14(5,6)8-2/h7-8,10-12H2,1-6H3. The third-order valence-electron chi connectivity index (χ3n) is 3.51. The molecule has 2 nitrogen and oxygen atoms in total. The summed E-state index contributed by atoms with van der Waals surface area (Å²) in [5, 5.41) is 8.88. The first kappa shape index (κ1) is 15.4. The van der Waals surface area contributed by atoms with Crippen molar-refractivity contribution in [1.29, 1.82) is 5.26 Å². The van der Waals surface area contributed by atoms with E-state index in [1.54, 1.807) is 0 Å². The van der Waals surface area contributed by atoms with Crippen LogP contribution in [0.5, 0.6) is 0 Å². The minimum absolute atomic E-state index is 0.306. The van der Waals surface area contributed by atoms with Crippen LogP contribution in [-0.2, 0) is 0 Å². The zero-order valence-corrected chi connectivity index (χ0v) is 11.9. The van der Waals surface area contributed by atoms with E-state index in [4.69, 9.17) is 5.26 Å². The quantitative estimate of drug-likeness (QED) is 0.617. The lowest BCUT2D eigenvalue weighted by molar-refractivity contribution is 0.133. The molecule has 0 amide bonds. The van der Waals surface area contributed by atoms with Gasteiger partial charge >= 0.3 is 0 Å². The fourth-order valence-corrected chi connectivity index (χ4v) is 1.70. The second kappa shape index (κ2) is 6.25. The Hall–Kier alpha value is -0.550. The Labute approximate surface area is 102 Å². The lowest BCUT2D eigenvalue weighted by Crippen LogP contribution is -2.40. The van der Waals surface area contributed by atoms with Gasteiger partial charge in [-0.05, 0) is 23.7 Å². The first-order chi connectivity index (χ1) is 7.26. The van der Waals surface area contributed by atoms with E-state index in [2.05, 4.69) is 52.5 Å². The molecule has 0 aromatic carbocycles. The average Bonchev–Trinajstić information content (AvgIpc) is 2.17. The summed E-state index contributed by atoms with van der Waals surface area (Å²) in [6.45, 7) is 16.1. The van der Waals surface area contributed by atoms with Gasteiger partial charge in [0.05, 0.1) is 12.6 Å². The van der Waals surface area contributed by atoms with Crippen LogP contribution in [0.1, 0.15) is 54.4 Å². The van der Waals surface area contributed by atoms with Crippen molar-refractivity contribution in [1.82, 2.24) is 4.90 Å². The van der Waals surface area contributed by atoms with Gasteiger partial charge < -0.3 is 0 Å². The van der Waals surface area contributed by atoms with E-state index in [0.717, 1.165) is 25.9 Å². The van der Waals surface area contributed by atoms with Crippen LogP contribution in [0.15, 0.2) is 0 Å². The maximum absolute atomic E-state index is 8.88. The summed E-state index contributed by atoms with van der Waals surface area (Å²) in [5.41, 5.74) is 0.612. The summed E-state index contributed by atoms with van der Waals surface area (Å²) < 4.78 is 0. The summed E-state index contributed by atoms with van der Waals surface area (Å²) in [6.07, 6.45) is 2.31. The molecule has 0 radical (unpaired) electrons. The zero-order valence-electron chi connectivity index (χ0n) is 11.9. The van der Waals surface area contributed by atoms with Crippen molar-refractivity contribution in [2.75, 3.05) is 19.6 Å². The summed E-state index contributed by atoms with van der Waals surface area (Å²) >= 11 is 0. The van der Waals surface area contributed by atoms with E-state index in [1.165, 1.54) is 0 Å². The molecule has 0 saturated carbocycles. The van der Waals surface area contributed by atoms with Crippen molar-refractivity contribution < 1.29 is 0 Å². The highest BCUT2D eigenvalue weighted by atomic mass is 15.1. The predicted octanol–water partition coefficient (Wildman–Crippen LogP) is 3.68. The van der Waals surface area contributed by atoms with E-state index >= 15 is 0 Å². The van der Waals surface area contributed by atoms with Gasteiger partial charge in [-0.1, -0.05) is 41.5 Å². The number of nitrogens with zero attached hydrogens (tertiary/aromatic N) is 2. The Morgan fingerprint density at radius 1 is 0.938 bits per heavy atom. The normalized spacial score (nSPS) is 12.9. The topological polar surface area (TPSA) is 27.0 Å². The highest BCUT2D eigenvalue weighted by Gasteiger charge is 2.24. The molecule has 0 atom stereocenters. The smallest absolute Gasteiger partial charge is 0.0866 e. The van der Waals surface area contributed by atoms with Gasteiger partial charge in [-0.3, -0.25) is 4.90 Å². The van der Waals surface area contributed by atoms with Crippen molar-refractivity contribution >= 4 is 0 Å². The van der Waals surface area contributed by atoms with Gasteiger partial charge in [0, 0.05) is 13.1 Å².